The van der Waals surface area contributed by atoms with E-state index in [-0.39, 0.29) is 5.95 Å². The fourth-order valence-electron chi connectivity index (χ4n) is 1.95. The van der Waals surface area contributed by atoms with Crippen molar-refractivity contribution in [3.8, 4) is 0 Å². The minimum atomic E-state index is 0.219. The summed E-state index contributed by atoms with van der Waals surface area (Å²) in [5.41, 5.74) is 6.76. The minimum absolute atomic E-state index is 0.219. The molecule has 0 radical (unpaired) electrons. The maximum absolute atomic E-state index is 5.80. The SMILES string of the molecule is CCN(CC)c1nc(N)nc(Nc2ccccc2SC)n1. The molecule has 112 valence electrons. The zero-order chi connectivity index (χ0) is 15.2. The summed E-state index contributed by atoms with van der Waals surface area (Å²) < 4.78 is 0. The normalized spacial score (nSPS) is 10.4. The van der Waals surface area contributed by atoms with Gasteiger partial charge in [0, 0.05) is 18.0 Å². The Hall–Kier alpha value is -2.02. The Morgan fingerprint density at radius 3 is 2.52 bits per heavy atom. The molecule has 1 heterocycles. The van der Waals surface area contributed by atoms with Gasteiger partial charge in [0.25, 0.3) is 0 Å². The predicted molar refractivity (Wildman–Crippen MR) is 89.3 cm³/mol. The minimum Gasteiger partial charge on any atom is -0.368 e. The van der Waals surface area contributed by atoms with E-state index < -0.39 is 0 Å². The van der Waals surface area contributed by atoms with Crippen molar-refractivity contribution in [2.75, 3.05) is 35.3 Å². The highest BCUT2D eigenvalue weighted by Crippen LogP contribution is 2.27. The van der Waals surface area contributed by atoms with Gasteiger partial charge in [0.15, 0.2) is 0 Å². The molecule has 0 bridgehead atoms. The van der Waals surface area contributed by atoms with Crippen LogP contribution in [0.2, 0.25) is 0 Å². The Bertz CT molecular complexity index is 600. The molecule has 0 amide bonds. The van der Waals surface area contributed by atoms with Gasteiger partial charge in [0.1, 0.15) is 0 Å². The van der Waals surface area contributed by atoms with Crippen LogP contribution in [0.4, 0.5) is 23.5 Å². The molecule has 6 nitrogen and oxygen atoms in total. The summed E-state index contributed by atoms with van der Waals surface area (Å²) in [5, 5.41) is 3.22. The van der Waals surface area contributed by atoms with Gasteiger partial charge in [0.2, 0.25) is 17.8 Å². The number of benzene rings is 1. The molecule has 1 aromatic carbocycles. The van der Waals surface area contributed by atoms with Crippen LogP contribution in [0.5, 0.6) is 0 Å². The van der Waals surface area contributed by atoms with E-state index >= 15 is 0 Å². The van der Waals surface area contributed by atoms with Gasteiger partial charge in [-0.3, -0.25) is 0 Å². The summed E-state index contributed by atoms with van der Waals surface area (Å²) in [5.74, 6) is 1.28. The monoisotopic (exact) mass is 304 g/mol. The van der Waals surface area contributed by atoms with Crippen LogP contribution in [-0.2, 0) is 0 Å². The first-order valence-electron chi connectivity index (χ1n) is 6.84. The van der Waals surface area contributed by atoms with Crippen LogP contribution >= 0.6 is 11.8 Å². The van der Waals surface area contributed by atoms with Gasteiger partial charge in [-0.25, -0.2) is 0 Å². The molecule has 0 aliphatic rings. The van der Waals surface area contributed by atoms with E-state index in [1.807, 2.05) is 35.4 Å². The van der Waals surface area contributed by atoms with Gasteiger partial charge in [-0.05, 0) is 32.2 Å². The number of hydrogen-bond acceptors (Lipinski definition) is 7. The summed E-state index contributed by atoms with van der Waals surface area (Å²) >= 11 is 1.66. The molecule has 2 rings (SSSR count). The number of nitrogen functional groups attached to an aromatic ring is 1. The maximum atomic E-state index is 5.80. The van der Waals surface area contributed by atoms with Crippen molar-refractivity contribution in [3.63, 3.8) is 0 Å². The van der Waals surface area contributed by atoms with Gasteiger partial charge in [-0.15, -0.1) is 11.8 Å². The van der Waals surface area contributed by atoms with Gasteiger partial charge in [-0.1, -0.05) is 12.1 Å². The van der Waals surface area contributed by atoms with Crippen LogP contribution in [0.1, 0.15) is 13.8 Å². The van der Waals surface area contributed by atoms with Crippen molar-refractivity contribution in [1.29, 1.82) is 0 Å². The molecule has 7 heteroatoms. The lowest BCUT2D eigenvalue weighted by Gasteiger charge is -2.19. The Morgan fingerprint density at radius 1 is 1.14 bits per heavy atom. The number of anilines is 4. The predicted octanol–water partition coefficient (Wildman–Crippen LogP) is 2.77. The number of para-hydroxylation sites is 1. The summed E-state index contributed by atoms with van der Waals surface area (Å²) in [4.78, 5) is 16.0. The van der Waals surface area contributed by atoms with Gasteiger partial charge in [0.05, 0.1) is 5.69 Å². The number of rotatable bonds is 6. The molecular formula is C14H20N6S. The Labute approximate surface area is 129 Å². The summed E-state index contributed by atoms with van der Waals surface area (Å²) in [6.45, 7) is 5.75. The third-order valence-electron chi connectivity index (χ3n) is 3.04. The van der Waals surface area contributed by atoms with Gasteiger partial charge < -0.3 is 16.0 Å². The molecule has 21 heavy (non-hydrogen) atoms. The first-order chi connectivity index (χ1) is 10.2. The van der Waals surface area contributed by atoms with E-state index in [4.69, 9.17) is 5.73 Å². The van der Waals surface area contributed by atoms with Crippen molar-refractivity contribution >= 4 is 35.3 Å². The number of hydrogen-bond donors (Lipinski definition) is 2. The molecule has 0 spiro atoms. The lowest BCUT2D eigenvalue weighted by molar-refractivity contribution is 0.816. The maximum Gasteiger partial charge on any atom is 0.233 e. The second-order valence-electron chi connectivity index (χ2n) is 4.31. The van der Waals surface area contributed by atoms with E-state index in [0.717, 1.165) is 23.7 Å². The molecule has 0 fully saturated rings. The molecule has 1 aromatic heterocycles. The molecule has 0 aliphatic carbocycles. The van der Waals surface area contributed by atoms with E-state index in [2.05, 4.69) is 34.1 Å². The Balaban J connectivity index is 2.32. The van der Waals surface area contributed by atoms with E-state index in [0.29, 0.717) is 11.9 Å². The van der Waals surface area contributed by atoms with Crippen LogP contribution in [0.3, 0.4) is 0 Å². The van der Waals surface area contributed by atoms with Crippen molar-refractivity contribution < 1.29 is 0 Å². The van der Waals surface area contributed by atoms with Crippen LogP contribution in [-0.4, -0.2) is 34.3 Å². The summed E-state index contributed by atoms with van der Waals surface area (Å²) in [6, 6.07) is 8.00. The highest BCUT2D eigenvalue weighted by Gasteiger charge is 2.10. The zero-order valence-corrected chi connectivity index (χ0v) is 13.3. The first kappa shape index (κ1) is 15.4. The number of thioether (sulfide) groups is 1. The van der Waals surface area contributed by atoms with Crippen molar-refractivity contribution in [1.82, 2.24) is 15.0 Å². The molecule has 0 saturated heterocycles. The number of aromatic nitrogens is 3. The molecular weight excluding hydrogens is 284 g/mol. The van der Waals surface area contributed by atoms with Crippen molar-refractivity contribution in [3.05, 3.63) is 24.3 Å². The van der Waals surface area contributed by atoms with Gasteiger partial charge in [-0.2, -0.15) is 15.0 Å². The van der Waals surface area contributed by atoms with Crippen LogP contribution in [0.15, 0.2) is 29.2 Å². The van der Waals surface area contributed by atoms with Crippen LogP contribution in [0.25, 0.3) is 0 Å². The van der Waals surface area contributed by atoms with E-state index in [1.165, 1.54) is 0 Å². The highest BCUT2D eigenvalue weighted by atomic mass is 32.2. The van der Waals surface area contributed by atoms with Crippen molar-refractivity contribution in [2.24, 2.45) is 0 Å². The van der Waals surface area contributed by atoms with E-state index in [9.17, 15) is 0 Å². The highest BCUT2D eigenvalue weighted by molar-refractivity contribution is 7.98. The zero-order valence-electron chi connectivity index (χ0n) is 12.5. The fourth-order valence-corrected chi connectivity index (χ4v) is 2.51. The molecule has 3 N–H and O–H groups in total. The summed E-state index contributed by atoms with van der Waals surface area (Å²) in [7, 11) is 0. The first-order valence-corrected chi connectivity index (χ1v) is 8.07. The molecule has 0 atom stereocenters. The lowest BCUT2D eigenvalue weighted by atomic mass is 10.3. The Morgan fingerprint density at radius 2 is 1.86 bits per heavy atom. The number of nitrogens with zero attached hydrogens (tertiary/aromatic N) is 4. The van der Waals surface area contributed by atoms with Crippen molar-refractivity contribution in [2.45, 2.75) is 18.7 Å². The molecule has 0 saturated carbocycles. The fraction of sp³-hybridized carbons (Fsp3) is 0.357. The average Bonchev–Trinajstić information content (AvgIpc) is 2.48. The third-order valence-corrected chi connectivity index (χ3v) is 3.84. The quantitative estimate of drug-likeness (QED) is 0.794. The number of nitrogens with one attached hydrogen (secondary N) is 1. The summed E-state index contributed by atoms with van der Waals surface area (Å²) in [6.07, 6.45) is 2.03. The third kappa shape index (κ3) is 3.75. The smallest absolute Gasteiger partial charge is 0.233 e. The second kappa shape index (κ2) is 7.12. The van der Waals surface area contributed by atoms with E-state index in [1.54, 1.807) is 11.8 Å². The topological polar surface area (TPSA) is 80.0 Å². The molecule has 0 aliphatic heterocycles. The Kier molecular flexibility index (Phi) is 5.21. The van der Waals surface area contributed by atoms with Gasteiger partial charge >= 0.3 is 0 Å². The number of nitrogens with two attached hydrogens (primary N) is 1. The lowest BCUT2D eigenvalue weighted by Crippen LogP contribution is -2.25. The standard InChI is InChI=1S/C14H20N6S/c1-4-20(5-2)14-18-12(15)17-13(19-14)16-10-8-6-7-9-11(10)21-3/h6-9H,4-5H2,1-3H3,(H3,15,16,17,18,19). The molecule has 2 aromatic rings. The largest absolute Gasteiger partial charge is 0.368 e. The van der Waals surface area contributed by atoms with Crippen LogP contribution < -0.4 is 16.0 Å². The molecule has 0 unspecified atom stereocenters. The van der Waals surface area contributed by atoms with Crippen LogP contribution in [0, 0.1) is 0 Å². The average molecular weight is 304 g/mol. The second-order valence-corrected chi connectivity index (χ2v) is 5.16.